The van der Waals surface area contributed by atoms with Crippen molar-refractivity contribution in [1.29, 1.82) is 0 Å². The smallest absolute Gasteiger partial charge is 0.237 e. The van der Waals surface area contributed by atoms with E-state index in [0.29, 0.717) is 11.9 Å². The van der Waals surface area contributed by atoms with Gasteiger partial charge in [-0.2, -0.15) is 0 Å². The van der Waals surface area contributed by atoms with Crippen molar-refractivity contribution in [3.8, 4) is 5.88 Å². The topological polar surface area (TPSA) is 59.5 Å². The fourth-order valence-electron chi connectivity index (χ4n) is 2.57. The molecule has 0 bridgehead atoms. The van der Waals surface area contributed by atoms with E-state index in [1.54, 1.807) is 19.5 Å². The molecule has 112 valence electrons. The molecule has 6 heteroatoms. The van der Waals surface area contributed by atoms with E-state index in [2.05, 4.69) is 34.0 Å². The fraction of sp³-hybridized carbons (Fsp3) is 0.714. The van der Waals surface area contributed by atoms with Crippen molar-refractivity contribution in [3.63, 3.8) is 0 Å². The molecule has 0 spiro atoms. The minimum atomic E-state index is -0.0276. The van der Waals surface area contributed by atoms with Crippen LogP contribution < -0.4 is 10.1 Å². The number of nitrogens with zero attached hydrogens (tertiary/aromatic N) is 3. The van der Waals surface area contributed by atoms with Gasteiger partial charge >= 0.3 is 0 Å². The Morgan fingerprint density at radius 1 is 1.40 bits per heavy atom. The molecule has 1 aliphatic rings. The molecule has 1 saturated heterocycles. The van der Waals surface area contributed by atoms with Gasteiger partial charge in [0.1, 0.15) is 5.69 Å². The second-order valence-corrected chi connectivity index (χ2v) is 5.22. The van der Waals surface area contributed by atoms with Crippen LogP contribution in [0.3, 0.4) is 0 Å². The number of hydrogen-bond donors (Lipinski definition) is 1. The second-order valence-electron chi connectivity index (χ2n) is 5.22. The van der Waals surface area contributed by atoms with E-state index < -0.39 is 0 Å². The lowest BCUT2D eigenvalue weighted by atomic mass is 10.0. The van der Waals surface area contributed by atoms with Gasteiger partial charge in [-0.05, 0) is 20.9 Å². The Hall–Kier alpha value is -1.24. The molecule has 0 aromatic carbocycles. The van der Waals surface area contributed by atoms with E-state index in [-0.39, 0.29) is 12.1 Å². The monoisotopic (exact) mass is 280 g/mol. The summed E-state index contributed by atoms with van der Waals surface area (Å²) in [6, 6.07) is 0.489. The summed E-state index contributed by atoms with van der Waals surface area (Å²) < 4.78 is 11.2. The van der Waals surface area contributed by atoms with Crippen molar-refractivity contribution in [2.75, 3.05) is 33.9 Å². The van der Waals surface area contributed by atoms with Crippen molar-refractivity contribution in [2.24, 2.45) is 0 Å². The molecular formula is C14H24N4O2. The maximum Gasteiger partial charge on any atom is 0.237 e. The van der Waals surface area contributed by atoms with Crippen molar-refractivity contribution >= 4 is 0 Å². The SMILES string of the molecule is CNC(c1nccnc1OC)C1CN(C(C)C)CCO1. The van der Waals surface area contributed by atoms with E-state index in [0.717, 1.165) is 25.4 Å². The third-order valence-electron chi connectivity index (χ3n) is 3.72. The summed E-state index contributed by atoms with van der Waals surface area (Å²) in [7, 11) is 3.53. The molecule has 6 nitrogen and oxygen atoms in total. The molecule has 2 unspecified atom stereocenters. The van der Waals surface area contributed by atoms with Crippen LogP contribution in [-0.2, 0) is 4.74 Å². The Bertz CT molecular complexity index is 427. The van der Waals surface area contributed by atoms with Gasteiger partial charge < -0.3 is 14.8 Å². The Balaban J connectivity index is 2.19. The van der Waals surface area contributed by atoms with Gasteiger partial charge in [-0.15, -0.1) is 0 Å². The van der Waals surface area contributed by atoms with Gasteiger partial charge in [0.05, 0.1) is 25.9 Å². The third kappa shape index (κ3) is 3.26. The van der Waals surface area contributed by atoms with E-state index in [1.807, 2.05) is 7.05 Å². The highest BCUT2D eigenvalue weighted by molar-refractivity contribution is 5.22. The summed E-state index contributed by atoms with van der Waals surface area (Å²) >= 11 is 0. The van der Waals surface area contributed by atoms with Crippen molar-refractivity contribution in [2.45, 2.75) is 32.0 Å². The van der Waals surface area contributed by atoms with Crippen LogP contribution in [0.15, 0.2) is 12.4 Å². The maximum atomic E-state index is 5.94. The van der Waals surface area contributed by atoms with Crippen LogP contribution in [0.1, 0.15) is 25.6 Å². The van der Waals surface area contributed by atoms with Crippen molar-refractivity contribution in [1.82, 2.24) is 20.2 Å². The average molecular weight is 280 g/mol. The first kappa shape index (κ1) is 15.2. The molecule has 1 aromatic heterocycles. The molecule has 1 aliphatic heterocycles. The predicted octanol–water partition coefficient (Wildman–Crippen LogP) is 0.855. The number of likely N-dealkylation sites (N-methyl/N-ethyl adjacent to an activating group) is 1. The fourth-order valence-corrected chi connectivity index (χ4v) is 2.57. The largest absolute Gasteiger partial charge is 0.480 e. The van der Waals surface area contributed by atoms with Gasteiger partial charge in [0.15, 0.2) is 0 Å². The van der Waals surface area contributed by atoms with Gasteiger partial charge in [-0.1, -0.05) is 0 Å². The summed E-state index contributed by atoms with van der Waals surface area (Å²) in [5.41, 5.74) is 0.799. The van der Waals surface area contributed by atoms with Crippen LogP contribution in [0.2, 0.25) is 0 Å². The van der Waals surface area contributed by atoms with E-state index in [9.17, 15) is 0 Å². The number of rotatable bonds is 5. The summed E-state index contributed by atoms with van der Waals surface area (Å²) in [5, 5.41) is 3.29. The zero-order valence-corrected chi connectivity index (χ0v) is 12.7. The predicted molar refractivity (Wildman–Crippen MR) is 76.8 cm³/mol. The van der Waals surface area contributed by atoms with Crippen LogP contribution >= 0.6 is 0 Å². The zero-order valence-electron chi connectivity index (χ0n) is 12.7. The molecule has 1 fully saturated rings. The standard InChI is InChI=1S/C14H24N4O2/c1-10(2)18-7-8-20-11(9-18)12(15-3)13-14(19-4)17-6-5-16-13/h5-6,10-12,15H,7-9H2,1-4H3. The Morgan fingerprint density at radius 3 is 2.80 bits per heavy atom. The highest BCUT2D eigenvalue weighted by atomic mass is 16.5. The Kier molecular flexibility index (Phi) is 5.28. The maximum absolute atomic E-state index is 5.94. The lowest BCUT2D eigenvalue weighted by molar-refractivity contribution is -0.0560. The van der Waals surface area contributed by atoms with Crippen LogP contribution in [-0.4, -0.2) is 60.9 Å². The minimum absolute atomic E-state index is 0.0276. The molecule has 0 aliphatic carbocycles. The first-order valence-corrected chi connectivity index (χ1v) is 7.05. The van der Waals surface area contributed by atoms with Gasteiger partial charge in [-0.3, -0.25) is 9.88 Å². The molecule has 2 rings (SSSR count). The summed E-state index contributed by atoms with van der Waals surface area (Å²) in [6.07, 6.45) is 3.37. The average Bonchev–Trinajstić information content (AvgIpc) is 2.49. The quantitative estimate of drug-likeness (QED) is 0.863. The minimum Gasteiger partial charge on any atom is -0.480 e. The van der Waals surface area contributed by atoms with Gasteiger partial charge in [0.25, 0.3) is 0 Å². The molecule has 1 aromatic rings. The molecule has 0 radical (unpaired) electrons. The van der Waals surface area contributed by atoms with Gasteiger partial charge in [0.2, 0.25) is 5.88 Å². The highest BCUT2D eigenvalue weighted by Crippen LogP contribution is 2.26. The number of methoxy groups -OCH3 is 1. The first-order chi connectivity index (χ1) is 9.67. The molecule has 0 amide bonds. The van der Waals surface area contributed by atoms with Crippen molar-refractivity contribution < 1.29 is 9.47 Å². The Labute approximate surface area is 120 Å². The second kappa shape index (κ2) is 6.97. The highest BCUT2D eigenvalue weighted by Gasteiger charge is 2.32. The Morgan fingerprint density at radius 2 is 2.15 bits per heavy atom. The molecule has 0 saturated carbocycles. The molecule has 1 N–H and O–H groups in total. The lowest BCUT2D eigenvalue weighted by Crippen LogP contribution is -2.50. The van der Waals surface area contributed by atoms with Gasteiger partial charge in [-0.25, -0.2) is 4.98 Å². The summed E-state index contributed by atoms with van der Waals surface area (Å²) in [4.78, 5) is 11.1. The van der Waals surface area contributed by atoms with Crippen LogP contribution in [0.5, 0.6) is 5.88 Å². The molecule has 20 heavy (non-hydrogen) atoms. The molecule has 2 atom stereocenters. The molecular weight excluding hydrogens is 256 g/mol. The number of nitrogens with one attached hydrogen (secondary N) is 1. The number of ether oxygens (including phenoxy) is 2. The molecule has 2 heterocycles. The summed E-state index contributed by atoms with van der Waals surface area (Å²) in [6.45, 7) is 7.01. The van der Waals surface area contributed by atoms with Crippen LogP contribution in [0.25, 0.3) is 0 Å². The third-order valence-corrected chi connectivity index (χ3v) is 3.72. The number of aromatic nitrogens is 2. The zero-order chi connectivity index (χ0) is 14.5. The van der Waals surface area contributed by atoms with E-state index in [4.69, 9.17) is 9.47 Å². The first-order valence-electron chi connectivity index (χ1n) is 7.05. The van der Waals surface area contributed by atoms with Crippen LogP contribution in [0, 0.1) is 0 Å². The van der Waals surface area contributed by atoms with Crippen molar-refractivity contribution in [3.05, 3.63) is 18.1 Å². The number of hydrogen-bond acceptors (Lipinski definition) is 6. The normalized spacial score (nSPS) is 21.9. The lowest BCUT2D eigenvalue weighted by Gasteiger charge is -2.38. The van der Waals surface area contributed by atoms with Crippen LogP contribution in [0.4, 0.5) is 0 Å². The van der Waals surface area contributed by atoms with Gasteiger partial charge in [0, 0.05) is 31.5 Å². The van der Waals surface area contributed by atoms with E-state index in [1.165, 1.54) is 0 Å². The van der Waals surface area contributed by atoms with E-state index >= 15 is 0 Å². The number of morpholine rings is 1. The summed E-state index contributed by atoms with van der Waals surface area (Å²) in [5.74, 6) is 0.553.